The third kappa shape index (κ3) is 11.7. The summed E-state index contributed by atoms with van der Waals surface area (Å²) in [6, 6.07) is 8.21. The standard InChI is InChI=1S/C28H33F3N4O2S.C3H8.C3H6.C2H6/c29-24-3-1-2-4-28(24)38(36,37)35-15-19-7-5-18(6-8-19)14-33-27-10-9-20-11-25(30)26(31)13-22(20)23(27)12-21-16-32-17-34-21;2*1-3-2;1-2/h1-4,11,13,16-19,23,27,33,35H,5-10,12,14-15H2,(H,32,34);3H2,1-2H3;3H,1H2,2H3;1-2H3. The number of aromatic amines is 1. The zero-order chi connectivity index (χ0) is 34.1. The topological polar surface area (TPSA) is 86.9 Å². The molecule has 2 aromatic carbocycles. The summed E-state index contributed by atoms with van der Waals surface area (Å²) in [5, 5.41) is 3.72. The van der Waals surface area contributed by atoms with Gasteiger partial charge in [-0.25, -0.2) is 31.3 Å². The Hall–Kier alpha value is -2.95. The lowest BCUT2D eigenvalue weighted by Crippen LogP contribution is -2.42. The van der Waals surface area contributed by atoms with Crippen LogP contribution in [0.25, 0.3) is 0 Å². The van der Waals surface area contributed by atoms with Crippen LogP contribution >= 0.6 is 0 Å². The number of rotatable bonds is 9. The van der Waals surface area contributed by atoms with Gasteiger partial charge in [0.1, 0.15) is 10.7 Å². The Kier molecular flexibility index (Phi) is 17.3. The van der Waals surface area contributed by atoms with E-state index in [1.54, 1.807) is 18.6 Å². The molecule has 6 nitrogen and oxygen atoms in total. The van der Waals surface area contributed by atoms with E-state index in [9.17, 15) is 21.6 Å². The fourth-order valence-electron chi connectivity index (χ4n) is 5.95. The highest BCUT2D eigenvalue weighted by atomic mass is 32.2. The summed E-state index contributed by atoms with van der Waals surface area (Å²) in [5.74, 6) is -1.71. The van der Waals surface area contributed by atoms with Crippen molar-refractivity contribution in [2.24, 2.45) is 11.8 Å². The molecule has 0 bridgehead atoms. The van der Waals surface area contributed by atoms with Gasteiger partial charge in [0.25, 0.3) is 0 Å². The summed E-state index contributed by atoms with van der Waals surface area (Å²) < 4.78 is 69.6. The predicted octanol–water partition coefficient (Wildman–Crippen LogP) is 8.48. The Morgan fingerprint density at radius 3 is 2.13 bits per heavy atom. The molecule has 0 saturated heterocycles. The third-order valence-electron chi connectivity index (χ3n) is 8.11. The molecule has 3 N–H and O–H groups in total. The summed E-state index contributed by atoms with van der Waals surface area (Å²) in [6.07, 6.45) is 12.3. The number of hydrogen-bond acceptors (Lipinski definition) is 4. The quantitative estimate of drug-likeness (QED) is 0.201. The van der Waals surface area contributed by atoms with Crippen LogP contribution in [-0.4, -0.2) is 37.5 Å². The van der Waals surface area contributed by atoms with Crippen LogP contribution in [0.15, 0.2) is 66.5 Å². The van der Waals surface area contributed by atoms with Crippen molar-refractivity contribution in [2.45, 2.75) is 103 Å². The number of H-pyrrole nitrogens is 1. The van der Waals surface area contributed by atoms with Gasteiger partial charge >= 0.3 is 0 Å². The van der Waals surface area contributed by atoms with Crippen molar-refractivity contribution in [3.05, 3.63) is 95.8 Å². The summed E-state index contributed by atoms with van der Waals surface area (Å²) in [4.78, 5) is 6.92. The average molecular weight is 663 g/mol. The van der Waals surface area contributed by atoms with Crippen molar-refractivity contribution < 1.29 is 21.6 Å². The summed E-state index contributed by atoms with van der Waals surface area (Å²) in [7, 11) is -3.88. The summed E-state index contributed by atoms with van der Waals surface area (Å²) in [6.45, 7) is 14.6. The Morgan fingerprint density at radius 1 is 0.957 bits per heavy atom. The number of benzene rings is 2. The lowest BCUT2D eigenvalue weighted by molar-refractivity contribution is 0.252. The molecular formula is C36H53F3N4O2S. The molecule has 1 heterocycles. The monoisotopic (exact) mass is 662 g/mol. The fourth-order valence-corrected chi connectivity index (χ4v) is 7.14. The van der Waals surface area contributed by atoms with Crippen molar-refractivity contribution in [1.29, 1.82) is 0 Å². The molecule has 2 aliphatic rings. The maximum atomic E-state index is 14.2. The minimum absolute atomic E-state index is 0.00146. The van der Waals surface area contributed by atoms with E-state index in [2.05, 4.69) is 40.4 Å². The van der Waals surface area contributed by atoms with E-state index in [-0.39, 0.29) is 22.8 Å². The van der Waals surface area contributed by atoms with Crippen molar-refractivity contribution in [2.75, 3.05) is 13.1 Å². The fraction of sp³-hybridized carbons (Fsp3) is 0.528. The van der Waals surface area contributed by atoms with Crippen LogP contribution in [-0.2, 0) is 22.9 Å². The Balaban J connectivity index is 0.000000841. The van der Waals surface area contributed by atoms with E-state index >= 15 is 0 Å². The molecule has 0 spiro atoms. The molecular weight excluding hydrogens is 609 g/mol. The van der Waals surface area contributed by atoms with E-state index in [4.69, 9.17) is 0 Å². The van der Waals surface area contributed by atoms with Crippen LogP contribution in [0.3, 0.4) is 0 Å². The molecule has 1 fully saturated rings. The first-order valence-corrected chi connectivity index (χ1v) is 18.1. The Bertz CT molecular complexity index is 1410. The molecule has 0 radical (unpaired) electrons. The number of imidazole rings is 1. The lowest BCUT2D eigenvalue weighted by atomic mass is 9.76. The van der Waals surface area contributed by atoms with E-state index in [0.717, 1.165) is 61.5 Å². The van der Waals surface area contributed by atoms with Gasteiger partial charge < -0.3 is 10.3 Å². The number of hydrogen-bond donors (Lipinski definition) is 3. The number of fused-ring (bicyclic) bond motifs is 1. The molecule has 0 amide bonds. The zero-order valence-corrected chi connectivity index (χ0v) is 28.9. The zero-order valence-electron chi connectivity index (χ0n) is 28.1. The van der Waals surface area contributed by atoms with Crippen molar-refractivity contribution >= 4 is 10.0 Å². The van der Waals surface area contributed by atoms with Gasteiger partial charge in [-0.1, -0.05) is 52.3 Å². The second-order valence-corrected chi connectivity index (χ2v) is 13.4. The number of allylic oxidation sites excluding steroid dienone is 1. The number of nitrogens with one attached hydrogen (secondary N) is 3. The van der Waals surface area contributed by atoms with E-state index < -0.39 is 27.5 Å². The highest BCUT2D eigenvalue weighted by molar-refractivity contribution is 7.89. The smallest absolute Gasteiger partial charge is 0.243 e. The highest BCUT2D eigenvalue weighted by Gasteiger charge is 2.32. The number of halogens is 3. The Labute approximate surface area is 274 Å². The predicted molar refractivity (Wildman–Crippen MR) is 182 cm³/mol. The molecule has 0 aliphatic heterocycles. The van der Waals surface area contributed by atoms with E-state index in [0.29, 0.717) is 25.3 Å². The number of aryl methyl sites for hydroxylation is 1. The van der Waals surface area contributed by atoms with Crippen molar-refractivity contribution in [1.82, 2.24) is 20.0 Å². The second kappa shape index (κ2) is 20.3. The minimum Gasteiger partial charge on any atom is -0.348 e. The lowest BCUT2D eigenvalue weighted by Gasteiger charge is -2.36. The SMILES string of the molecule is C=CC.CC.CCC.O=S(=O)(NCC1CCC(CNC2CCc3cc(F)c(F)cc3C2Cc2cnc[nH]2)CC1)c1ccccc1F. The average Bonchev–Trinajstić information content (AvgIpc) is 3.56. The molecule has 2 unspecified atom stereocenters. The van der Waals surface area contributed by atoms with Crippen LogP contribution in [0.5, 0.6) is 0 Å². The molecule has 5 rings (SSSR count). The van der Waals surface area contributed by atoms with Gasteiger partial charge in [0.15, 0.2) is 11.6 Å². The molecule has 1 saturated carbocycles. The highest BCUT2D eigenvalue weighted by Crippen LogP contribution is 2.36. The van der Waals surface area contributed by atoms with Gasteiger partial charge in [-0.3, -0.25) is 0 Å². The van der Waals surface area contributed by atoms with E-state index in [1.165, 1.54) is 36.8 Å². The van der Waals surface area contributed by atoms with Gasteiger partial charge in [0.05, 0.1) is 6.33 Å². The maximum absolute atomic E-state index is 14.2. The minimum atomic E-state index is -3.88. The van der Waals surface area contributed by atoms with Crippen LogP contribution < -0.4 is 10.0 Å². The number of sulfonamides is 1. The number of aromatic nitrogens is 2. The van der Waals surface area contributed by atoms with Crippen molar-refractivity contribution in [3.8, 4) is 0 Å². The Morgan fingerprint density at radius 2 is 1.54 bits per heavy atom. The van der Waals surface area contributed by atoms with Crippen molar-refractivity contribution in [3.63, 3.8) is 0 Å². The molecule has 2 atom stereocenters. The first-order valence-electron chi connectivity index (χ1n) is 16.6. The maximum Gasteiger partial charge on any atom is 0.243 e. The van der Waals surface area contributed by atoms with Gasteiger partial charge in [0.2, 0.25) is 10.0 Å². The molecule has 10 heteroatoms. The van der Waals surface area contributed by atoms with Gasteiger partial charge in [-0.05, 0) is 106 Å². The molecule has 1 aromatic heterocycles. The molecule has 46 heavy (non-hydrogen) atoms. The normalized spacial score (nSPS) is 20.4. The summed E-state index contributed by atoms with van der Waals surface area (Å²) in [5.41, 5.74) is 2.68. The van der Waals surface area contributed by atoms with Crippen LogP contribution in [0, 0.1) is 29.3 Å². The van der Waals surface area contributed by atoms with Gasteiger partial charge in [0, 0.05) is 30.4 Å². The second-order valence-electron chi connectivity index (χ2n) is 11.7. The molecule has 3 aromatic rings. The van der Waals surface area contributed by atoms with Crippen LogP contribution in [0.2, 0.25) is 0 Å². The van der Waals surface area contributed by atoms with Gasteiger partial charge in [-0.15, -0.1) is 6.58 Å². The largest absolute Gasteiger partial charge is 0.348 e. The van der Waals surface area contributed by atoms with Gasteiger partial charge in [-0.2, -0.15) is 0 Å². The first kappa shape index (κ1) is 39.2. The third-order valence-corrected chi connectivity index (χ3v) is 9.57. The van der Waals surface area contributed by atoms with Crippen LogP contribution in [0.4, 0.5) is 13.2 Å². The van der Waals surface area contributed by atoms with Crippen LogP contribution in [0.1, 0.15) is 95.9 Å². The van der Waals surface area contributed by atoms with E-state index in [1.807, 2.05) is 20.8 Å². The number of nitrogens with zero attached hydrogens (tertiary/aromatic N) is 1. The first-order chi connectivity index (χ1) is 22.1. The molecule has 256 valence electrons. The molecule has 2 aliphatic carbocycles. The summed E-state index contributed by atoms with van der Waals surface area (Å²) >= 11 is 0.